The highest BCUT2D eigenvalue weighted by Crippen LogP contribution is 2.23. The van der Waals surface area contributed by atoms with Gasteiger partial charge in [0.05, 0.1) is 6.42 Å². The van der Waals surface area contributed by atoms with Crippen molar-refractivity contribution in [2.45, 2.75) is 26.2 Å². The summed E-state index contributed by atoms with van der Waals surface area (Å²) in [6, 6.07) is 15.3. The van der Waals surface area contributed by atoms with Crippen molar-refractivity contribution < 1.29 is 4.79 Å². The van der Waals surface area contributed by atoms with E-state index in [-0.39, 0.29) is 5.91 Å². The Hall–Kier alpha value is -2.29. The number of amides is 1. The SMILES string of the molecule is CC(C)c1ccccc1NC(=O)Cc1ccc(N)cc1. The molecular weight excluding hydrogens is 248 g/mol. The number of anilines is 2. The Labute approximate surface area is 119 Å². The van der Waals surface area contributed by atoms with Gasteiger partial charge in [0.1, 0.15) is 0 Å². The topological polar surface area (TPSA) is 55.1 Å². The Morgan fingerprint density at radius 1 is 1.10 bits per heavy atom. The van der Waals surface area contributed by atoms with Crippen molar-refractivity contribution in [1.29, 1.82) is 0 Å². The first kappa shape index (κ1) is 14.1. The molecule has 0 fully saturated rings. The van der Waals surface area contributed by atoms with E-state index in [0.29, 0.717) is 18.0 Å². The molecule has 0 radical (unpaired) electrons. The van der Waals surface area contributed by atoms with Crippen LogP contribution in [0.25, 0.3) is 0 Å². The first-order chi connectivity index (χ1) is 9.56. The lowest BCUT2D eigenvalue weighted by atomic mass is 10.0. The Kier molecular flexibility index (Phi) is 4.41. The zero-order valence-corrected chi connectivity index (χ0v) is 11.9. The second-order valence-electron chi connectivity index (χ2n) is 5.21. The molecule has 0 saturated heterocycles. The van der Waals surface area contributed by atoms with E-state index in [1.165, 1.54) is 0 Å². The molecule has 0 aliphatic heterocycles. The van der Waals surface area contributed by atoms with Crippen LogP contribution in [0.1, 0.15) is 30.9 Å². The van der Waals surface area contributed by atoms with Crippen LogP contribution >= 0.6 is 0 Å². The lowest BCUT2D eigenvalue weighted by Gasteiger charge is -2.13. The smallest absolute Gasteiger partial charge is 0.228 e. The van der Waals surface area contributed by atoms with E-state index < -0.39 is 0 Å². The molecule has 0 bridgehead atoms. The number of nitrogen functional groups attached to an aromatic ring is 1. The van der Waals surface area contributed by atoms with Crippen LogP contribution in [-0.2, 0) is 11.2 Å². The van der Waals surface area contributed by atoms with Gasteiger partial charge in [0.2, 0.25) is 5.91 Å². The fourth-order valence-electron chi connectivity index (χ4n) is 2.13. The molecule has 0 atom stereocenters. The fraction of sp³-hybridized carbons (Fsp3) is 0.235. The number of hydrogen-bond acceptors (Lipinski definition) is 2. The number of nitrogens with one attached hydrogen (secondary N) is 1. The van der Waals surface area contributed by atoms with Crippen LogP contribution in [0.15, 0.2) is 48.5 Å². The van der Waals surface area contributed by atoms with Gasteiger partial charge >= 0.3 is 0 Å². The molecule has 0 spiro atoms. The van der Waals surface area contributed by atoms with E-state index in [9.17, 15) is 4.79 Å². The highest BCUT2D eigenvalue weighted by Gasteiger charge is 2.09. The average Bonchev–Trinajstić information content (AvgIpc) is 2.41. The van der Waals surface area contributed by atoms with Crippen molar-refractivity contribution in [2.75, 3.05) is 11.1 Å². The third-order valence-corrected chi connectivity index (χ3v) is 3.20. The molecule has 1 amide bonds. The van der Waals surface area contributed by atoms with Crippen LogP contribution in [-0.4, -0.2) is 5.91 Å². The van der Waals surface area contributed by atoms with Crippen LogP contribution in [0.4, 0.5) is 11.4 Å². The van der Waals surface area contributed by atoms with Crippen LogP contribution in [0, 0.1) is 0 Å². The maximum Gasteiger partial charge on any atom is 0.228 e. The fourth-order valence-corrected chi connectivity index (χ4v) is 2.13. The summed E-state index contributed by atoms with van der Waals surface area (Å²) in [7, 11) is 0. The van der Waals surface area contributed by atoms with Gasteiger partial charge < -0.3 is 11.1 Å². The molecule has 3 heteroatoms. The molecule has 2 aromatic rings. The zero-order chi connectivity index (χ0) is 14.5. The first-order valence-corrected chi connectivity index (χ1v) is 6.79. The van der Waals surface area contributed by atoms with E-state index in [2.05, 4.69) is 19.2 Å². The van der Waals surface area contributed by atoms with Gasteiger partial charge in [0.25, 0.3) is 0 Å². The van der Waals surface area contributed by atoms with Crippen LogP contribution in [0.2, 0.25) is 0 Å². The summed E-state index contributed by atoms with van der Waals surface area (Å²) in [6.07, 6.45) is 0.354. The maximum atomic E-state index is 12.1. The lowest BCUT2D eigenvalue weighted by Crippen LogP contribution is -2.15. The third kappa shape index (κ3) is 3.60. The maximum absolute atomic E-state index is 12.1. The summed E-state index contributed by atoms with van der Waals surface area (Å²) in [5.74, 6) is 0.367. The summed E-state index contributed by atoms with van der Waals surface area (Å²) < 4.78 is 0. The van der Waals surface area contributed by atoms with Gasteiger partial charge in [-0.15, -0.1) is 0 Å². The monoisotopic (exact) mass is 268 g/mol. The van der Waals surface area contributed by atoms with Crippen LogP contribution in [0.3, 0.4) is 0 Å². The van der Waals surface area contributed by atoms with Crippen molar-refractivity contribution in [3.63, 3.8) is 0 Å². The van der Waals surface area contributed by atoms with Gasteiger partial charge in [0.15, 0.2) is 0 Å². The van der Waals surface area contributed by atoms with E-state index in [1.807, 2.05) is 48.5 Å². The summed E-state index contributed by atoms with van der Waals surface area (Å²) in [5.41, 5.74) is 9.34. The molecule has 20 heavy (non-hydrogen) atoms. The molecule has 0 heterocycles. The van der Waals surface area contributed by atoms with Gasteiger partial charge in [-0.3, -0.25) is 4.79 Å². The number of nitrogens with two attached hydrogens (primary N) is 1. The van der Waals surface area contributed by atoms with Gasteiger partial charge in [-0.2, -0.15) is 0 Å². The van der Waals surface area contributed by atoms with Crippen molar-refractivity contribution in [3.8, 4) is 0 Å². The highest BCUT2D eigenvalue weighted by molar-refractivity contribution is 5.93. The molecule has 2 aromatic carbocycles. The van der Waals surface area contributed by atoms with Crippen molar-refractivity contribution in [1.82, 2.24) is 0 Å². The van der Waals surface area contributed by atoms with Gasteiger partial charge in [-0.05, 0) is 35.2 Å². The van der Waals surface area contributed by atoms with E-state index >= 15 is 0 Å². The van der Waals surface area contributed by atoms with Crippen LogP contribution in [0.5, 0.6) is 0 Å². The Bertz CT molecular complexity index is 588. The first-order valence-electron chi connectivity index (χ1n) is 6.79. The normalized spacial score (nSPS) is 10.6. The second-order valence-corrected chi connectivity index (χ2v) is 5.21. The number of para-hydroxylation sites is 1. The molecule has 104 valence electrons. The second kappa shape index (κ2) is 6.24. The molecule has 0 saturated carbocycles. The van der Waals surface area contributed by atoms with Gasteiger partial charge in [-0.1, -0.05) is 44.2 Å². The minimum absolute atomic E-state index is 0.0112. The molecule has 2 rings (SSSR count). The lowest BCUT2D eigenvalue weighted by molar-refractivity contribution is -0.115. The molecule has 0 unspecified atom stereocenters. The van der Waals surface area contributed by atoms with Crippen molar-refractivity contribution in [2.24, 2.45) is 0 Å². The number of hydrogen-bond donors (Lipinski definition) is 2. The minimum Gasteiger partial charge on any atom is -0.399 e. The predicted octanol–water partition coefficient (Wildman–Crippen LogP) is 3.57. The standard InChI is InChI=1S/C17H20N2O/c1-12(2)15-5-3-4-6-16(15)19-17(20)11-13-7-9-14(18)10-8-13/h3-10,12H,11,18H2,1-2H3,(H,19,20). The number of benzene rings is 2. The number of carbonyl (C=O) groups excluding carboxylic acids is 1. The minimum atomic E-state index is -0.0112. The Balaban J connectivity index is 2.07. The zero-order valence-electron chi connectivity index (χ0n) is 11.9. The summed E-state index contributed by atoms with van der Waals surface area (Å²) in [6.45, 7) is 4.23. The largest absolute Gasteiger partial charge is 0.399 e. The molecule has 0 aliphatic carbocycles. The van der Waals surface area contributed by atoms with E-state index in [4.69, 9.17) is 5.73 Å². The summed E-state index contributed by atoms with van der Waals surface area (Å²) in [4.78, 5) is 12.1. The quantitative estimate of drug-likeness (QED) is 0.833. The highest BCUT2D eigenvalue weighted by atomic mass is 16.1. The summed E-state index contributed by atoms with van der Waals surface area (Å²) >= 11 is 0. The van der Waals surface area contributed by atoms with E-state index in [0.717, 1.165) is 16.8 Å². The predicted molar refractivity (Wildman–Crippen MR) is 83.7 cm³/mol. The van der Waals surface area contributed by atoms with Crippen molar-refractivity contribution in [3.05, 3.63) is 59.7 Å². The molecule has 3 nitrogen and oxygen atoms in total. The Morgan fingerprint density at radius 3 is 2.40 bits per heavy atom. The van der Waals surface area contributed by atoms with Gasteiger partial charge in [0, 0.05) is 11.4 Å². The molecule has 0 aliphatic rings. The van der Waals surface area contributed by atoms with Gasteiger partial charge in [-0.25, -0.2) is 0 Å². The Morgan fingerprint density at radius 2 is 1.75 bits per heavy atom. The molecule has 3 N–H and O–H groups in total. The molecule has 0 aromatic heterocycles. The summed E-state index contributed by atoms with van der Waals surface area (Å²) in [5, 5.41) is 2.98. The third-order valence-electron chi connectivity index (χ3n) is 3.20. The number of rotatable bonds is 4. The molecular formula is C17H20N2O. The number of carbonyl (C=O) groups is 1. The average molecular weight is 268 g/mol. The van der Waals surface area contributed by atoms with Crippen LogP contribution < -0.4 is 11.1 Å². The van der Waals surface area contributed by atoms with E-state index in [1.54, 1.807) is 0 Å². The van der Waals surface area contributed by atoms with Crippen molar-refractivity contribution >= 4 is 17.3 Å².